The molecule has 0 aromatic carbocycles. The second-order valence-corrected chi connectivity index (χ2v) is 3.66. The molecule has 0 fully saturated rings. The fourth-order valence-corrected chi connectivity index (χ4v) is 1.20. The van der Waals surface area contributed by atoms with Crippen molar-refractivity contribution in [2.75, 3.05) is 0 Å². The molecule has 0 aliphatic heterocycles. The summed E-state index contributed by atoms with van der Waals surface area (Å²) in [6.45, 7) is 10.0. The highest BCUT2D eigenvalue weighted by atomic mass is 16.5. The van der Waals surface area contributed by atoms with Gasteiger partial charge in [-0.3, -0.25) is 4.79 Å². The van der Waals surface area contributed by atoms with E-state index in [0.29, 0.717) is 11.7 Å². The summed E-state index contributed by atoms with van der Waals surface area (Å²) in [4.78, 5) is 10.7. The lowest BCUT2D eigenvalue weighted by molar-refractivity contribution is -0.132. The monoisotopic (exact) mass is 170 g/mol. The van der Waals surface area contributed by atoms with Gasteiger partial charge in [0.05, 0.1) is 0 Å². The molecular weight excluding hydrogens is 151 g/mol. The van der Waals surface area contributed by atoms with Gasteiger partial charge in [-0.2, -0.15) is 0 Å². The van der Waals surface area contributed by atoms with Gasteiger partial charge in [0.15, 0.2) is 0 Å². The van der Waals surface area contributed by atoms with E-state index in [1.54, 1.807) is 0 Å². The summed E-state index contributed by atoms with van der Waals surface area (Å²) in [5, 5.41) is 0. The van der Waals surface area contributed by atoms with Crippen LogP contribution in [0.4, 0.5) is 0 Å². The molecule has 1 unspecified atom stereocenters. The molecule has 12 heavy (non-hydrogen) atoms. The zero-order valence-corrected chi connectivity index (χ0v) is 8.76. The standard InChI is InChI=1S/C9H19BO2/c1-6-10(12-9(5)11)8(4)7(2)3/h7-8H,6H2,1-5H3. The molecule has 0 spiro atoms. The van der Waals surface area contributed by atoms with Gasteiger partial charge in [0.1, 0.15) is 0 Å². The number of hydrogen-bond acceptors (Lipinski definition) is 2. The molecule has 0 N–H and O–H groups in total. The molecule has 0 saturated heterocycles. The predicted molar refractivity (Wildman–Crippen MR) is 52.3 cm³/mol. The maximum absolute atomic E-state index is 10.7. The fourth-order valence-electron chi connectivity index (χ4n) is 1.20. The third-order valence-corrected chi connectivity index (χ3v) is 2.36. The summed E-state index contributed by atoms with van der Waals surface area (Å²) in [6.07, 6.45) is 0.902. The highest BCUT2D eigenvalue weighted by molar-refractivity contribution is 6.55. The summed E-state index contributed by atoms with van der Waals surface area (Å²) >= 11 is 0. The Morgan fingerprint density at radius 2 is 1.92 bits per heavy atom. The van der Waals surface area contributed by atoms with Crippen LogP contribution in [0.25, 0.3) is 0 Å². The lowest BCUT2D eigenvalue weighted by Gasteiger charge is -2.21. The number of rotatable bonds is 4. The van der Waals surface area contributed by atoms with E-state index in [0.717, 1.165) is 6.32 Å². The first-order valence-corrected chi connectivity index (χ1v) is 4.66. The summed E-state index contributed by atoms with van der Waals surface area (Å²) in [5.74, 6) is 0.836. The Labute approximate surface area is 75.8 Å². The summed E-state index contributed by atoms with van der Waals surface area (Å²) in [6, 6.07) is 0. The minimum atomic E-state index is -0.172. The molecule has 0 aliphatic rings. The molecule has 2 nitrogen and oxygen atoms in total. The van der Waals surface area contributed by atoms with Crippen LogP contribution in [-0.2, 0) is 9.45 Å². The molecular formula is C9H19BO2. The first-order valence-electron chi connectivity index (χ1n) is 4.66. The van der Waals surface area contributed by atoms with Crippen LogP contribution >= 0.6 is 0 Å². The van der Waals surface area contributed by atoms with E-state index in [9.17, 15) is 4.79 Å². The van der Waals surface area contributed by atoms with Crippen molar-refractivity contribution in [3.63, 3.8) is 0 Å². The van der Waals surface area contributed by atoms with Crippen LogP contribution in [0.1, 0.15) is 34.6 Å². The molecule has 70 valence electrons. The molecule has 3 heteroatoms. The van der Waals surface area contributed by atoms with Gasteiger partial charge in [-0.05, 0) is 18.1 Å². The maximum Gasteiger partial charge on any atom is 0.364 e. The topological polar surface area (TPSA) is 26.3 Å². The van der Waals surface area contributed by atoms with Gasteiger partial charge >= 0.3 is 6.92 Å². The Morgan fingerprint density at radius 3 is 2.17 bits per heavy atom. The molecule has 0 rings (SSSR count). The van der Waals surface area contributed by atoms with E-state index in [2.05, 4.69) is 20.8 Å². The first-order chi connectivity index (χ1) is 5.49. The maximum atomic E-state index is 10.7. The minimum absolute atomic E-state index is 0.0856. The molecule has 0 heterocycles. The molecule has 0 radical (unpaired) electrons. The summed E-state index contributed by atoms with van der Waals surface area (Å²) in [7, 11) is 0. The van der Waals surface area contributed by atoms with Crippen molar-refractivity contribution in [3.05, 3.63) is 0 Å². The van der Waals surface area contributed by atoms with Gasteiger partial charge in [-0.1, -0.05) is 27.7 Å². The lowest BCUT2D eigenvalue weighted by atomic mass is 9.51. The zero-order valence-electron chi connectivity index (χ0n) is 8.76. The van der Waals surface area contributed by atoms with Gasteiger partial charge in [-0.15, -0.1) is 0 Å². The van der Waals surface area contributed by atoms with Crippen molar-refractivity contribution in [2.24, 2.45) is 5.92 Å². The third-order valence-electron chi connectivity index (χ3n) is 2.36. The average Bonchev–Trinajstić information content (AvgIpc) is 1.98. The van der Waals surface area contributed by atoms with E-state index in [1.807, 2.05) is 6.92 Å². The largest absolute Gasteiger partial charge is 0.536 e. The molecule has 0 saturated carbocycles. The molecule has 0 bridgehead atoms. The van der Waals surface area contributed by atoms with Crippen LogP contribution in [0.15, 0.2) is 0 Å². The van der Waals surface area contributed by atoms with Crippen molar-refractivity contribution >= 4 is 12.9 Å². The van der Waals surface area contributed by atoms with Gasteiger partial charge in [0, 0.05) is 6.92 Å². The van der Waals surface area contributed by atoms with E-state index in [4.69, 9.17) is 4.65 Å². The molecule has 0 aromatic heterocycles. The molecule has 0 amide bonds. The second kappa shape index (κ2) is 5.23. The van der Waals surface area contributed by atoms with Crippen LogP contribution < -0.4 is 0 Å². The Hall–Kier alpha value is -0.465. The smallest absolute Gasteiger partial charge is 0.364 e. The Bertz CT molecular complexity index is 145. The van der Waals surface area contributed by atoms with Crippen molar-refractivity contribution in [1.29, 1.82) is 0 Å². The van der Waals surface area contributed by atoms with Gasteiger partial charge in [0.25, 0.3) is 5.97 Å². The number of carbonyl (C=O) groups is 1. The average molecular weight is 170 g/mol. The number of carbonyl (C=O) groups excluding carboxylic acids is 1. The van der Waals surface area contributed by atoms with Crippen LogP contribution in [0.2, 0.25) is 12.1 Å². The van der Waals surface area contributed by atoms with Crippen LogP contribution in [0, 0.1) is 5.92 Å². The SMILES string of the molecule is CCB(OC(C)=O)C(C)C(C)C. The highest BCUT2D eigenvalue weighted by Gasteiger charge is 2.26. The third kappa shape index (κ3) is 3.79. The molecule has 0 aromatic rings. The Balaban J connectivity index is 4.04. The van der Waals surface area contributed by atoms with Gasteiger partial charge in [0.2, 0.25) is 0 Å². The van der Waals surface area contributed by atoms with Gasteiger partial charge in [-0.25, -0.2) is 0 Å². The molecule has 1 atom stereocenters. The van der Waals surface area contributed by atoms with E-state index in [-0.39, 0.29) is 12.9 Å². The summed E-state index contributed by atoms with van der Waals surface area (Å²) < 4.78 is 5.18. The first kappa shape index (κ1) is 11.5. The van der Waals surface area contributed by atoms with Gasteiger partial charge < -0.3 is 4.65 Å². The van der Waals surface area contributed by atoms with Crippen LogP contribution in [0.3, 0.4) is 0 Å². The quantitative estimate of drug-likeness (QED) is 0.606. The Kier molecular flexibility index (Phi) is 5.03. The van der Waals surface area contributed by atoms with Crippen molar-refractivity contribution in [3.8, 4) is 0 Å². The zero-order chi connectivity index (χ0) is 9.72. The second-order valence-electron chi connectivity index (χ2n) is 3.66. The molecule has 0 aliphatic carbocycles. The van der Waals surface area contributed by atoms with Crippen LogP contribution in [0.5, 0.6) is 0 Å². The minimum Gasteiger partial charge on any atom is -0.536 e. The van der Waals surface area contributed by atoms with E-state index < -0.39 is 0 Å². The summed E-state index contributed by atoms with van der Waals surface area (Å²) in [5.41, 5.74) is 0. The lowest BCUT2D eigenvalue weighted by Crippen LogP contribution is -2.27. The number of hydrogen-bond donors (Lipinski definition) is 0. The predicted octanol–water partition coefficient (Wildman–Crippen LogP) is 2.61. The van der Waals surface area contributed by atoms with E-state index in [1.165, 1.54) is 6.92 Å². The fraction of sp³-hybridized carbons (Fsp3) is 0.889. The van der Waals surface area contributed by atoms with E-state index >= 15 is 0 Å². The Morgan fingerprint density at radius 1 is 1.42 bits per heavy atom. The van der Waals surface area contributed by atoms with Crippen molar-refractivity contribution < 1.29 is 9.45 Å². The van der Waals surface area contributed by atoms with Crippen LogP contribution in [-0.4, -0.2) is 12.9 Å². The highest BCUT2D eigenvalue weighted by Crippen LogP contribution is 2.23. The normalized spacial score (nSPS) is 12.8. The van der Waals surface area contributed by atoms with Crippen molar-refractivity contribution in [1.82, 2.24) is 0 Å². The van der Waals surface area contributed by atoms with Crippen molar-refractivity contribution in [2.45, 2.75) is 46.8 Å².